The second kappa shape index (κ2) is 4.82. The first-order chi connectivity index (χ1) is 9.65. The summed E-state index contributed by atoms with van der Waals surface area (Å²) in [6, 6.07) is 11.4. The molecule has 2 heterocycles. The van der Waals surface area contributed by atoms with Crippen molar-refractivity contribution in [1.82, 2.24) is 9.78 Å². The first-order valence-electron chi connectivity index (χ1n) is 5.95. The van der Waals surface area contributed by atoms with Gasteiger partial charge in [-0.1, -0.05) is 12.1 Å². The summed E-state index contributed by atoms with van der Waals surface area (Å²) in [6.45, 7) is 0. The van der Waals surface area contributed by atoms with E-state index in [1.54, 1.807) is 16.9 Å². The number of nitrogens with two attached hydrogens (primary N) is 2. The van der Waals surface area contributed by atoms with Gasteiger partial charge in [-0.25, -0.2) is 4.68 Å². The fourth-order valence-electron chi connectivity index (χ4n) is 1.94. The van der Waals surface area contributed by atoms with E-state index in [0.29, 0.717) is 10.6 Å². The van der Waals surface area contributed by atoms with Gasteiger partial charge < -0.3 is 11.5 Å². The van der Waals surface area contributed by atoms with Crippen LogP contribution in [0.4, 0.5) is 5.00 Å². The number of rotatable bonds is 3. The number of nitrogen functional groups attached to an aromatic ring is 1. The molecule has 20 heavy (non-hydrogen) atoms. The zero-order valence-corrected chi connectivity index (χ0v) is 11.3. The normalized spacial score (nSPS) is 10.6. The van der Waals surface area contributed by atoms with Gasteiger partial charge in [0.1, 0.15) is 0 Å². The fraction of sp³-hybridized carbons (Fsp3) is 0. The van der Waals surface area contributed by atoms with E-state index in [4.69, 9.17) is 11.5 Å². The summed E-state index contributed by atoms with van der Waals surface area (Å²) < 4.78 is 1.78. The molecule has 0 fully saturated rings. The van der Waals surface area contributed by atoms with Gasteiger partial charge in [-0.15, -0.1) is 11.3 Å². The minimum Gasteiger partial charge on any atom is -0.390 e. The number of nitrogens with zero attached hydrogens (tertiary/aromatic N) is 2. The maximum Gasteiger partial charge on any atom is 0.251 e. The van der Waals surface area contributed by atoms with Gasteiger partial charge in [0.15, 0.2) is 0 Å². The molecule has 0 aliphatic heterocycles. The molecule has 0 saturated carbocycles. The summed E-state index contributed by atoms with van der Waals surface area (Å²) in [5.74, 6) is -0.502. The number of amides is 1. The van der Waals surface area contributed by atoms with Crippen LogP contribution in [-0.4, -0.2) is 15.7 Å². The lowest BCUT2D eigenvalue weighted by Gasteiger charge is -2.02. The van der Waals surface area contributed by atoms with Crippen LogP contribution in [0.2, 0.25) is 0 Å². The molecule has 0 saturated heterocycles. The van der Waals surface area contributed by atoms with Crippen molar-refractivity contribution < 1.29 is 4.79 Å². The van der Waals surface area contributed by atoms with Crippen molar-refractivity contribution >= 4 is 22.2 Å². The lowest BCUT2D eigenvalue weighted by molar-refractivity contribution is 0.100. The molecule has 0 radical (unpaired) electrons. The van der Waals surface area contributed by atoms with Gasteiger partial charge in [0.05, 0.1) is 16.3 Å². The van der Waals surface area contributed by atoms with Crippen molar-refractivity contribution in [2.24, 2.45) is 5.73 Å². The molecule has 5 nitrogen and oxygen atoms in total. The zero-order valence-electron chi connectivity index (χ0n) is 10.5. The van der Waals surface area contributed by atoms with Crippen LogP contribution >= 0.6 is 11.3 Å². The van der Waals surface area contributed by atoms with Crippen LogP contribution < -0.4 is 11.5 Å². The zero-order chi connectivity index (χ0) is 14.1. The van der Waals surface area contributed by atoms with Gasteiger partial charge in [-0.2, -0.15) is 5.10 Å². The number of aromatic nitrogens is 2. The molecule has 1 aromatic carbocycles. The lowest BCUT2D eigenvalue weighted by Crippen LogP contribution is -2.11. The first-order valence-corrected chi connectivity index (χ1v) is 6.76. The van der Waals surface area contributed by atoms with Crippen molar-refractivity contribution in [3.8, 4) is 16.1 Å². The molecule has 3 rings (SSSR count). The summed E-state index contributed by atoms with van der Waals surface area (Å²) in [4.78, 5) is 12.1. The van der Waals surface area contributed by atoms with Crippen LogP contribution in [0.5, 0.6) is 0 Å². The number of carbonyl (C=O) groups is 1. The van der Waals surface area contributed by atoms with E-state index >= 15 is 0 Å². The summed E-state index contributed by atoms with van der Waals surface area (Å²) in [7, 11) is 0. The number of benzene rings is 1. The highest BCUT2D eigenvalue weighted by molar-refractivity contribution is 7.19. The third-order valence-electron chi connectivity index (χ3n) is 2.95. The van der Waals surface area contributed by atoms with Crippen LogP contribution in [-0.2, 0) is 0 Å². The monoisotopic (exact) mass is 284 g/mol. The van der Waals surface area contributed by atoms with Gasteiger partial charge >= 0.3 is 0 Å². The molecule has 0 bridgehead atoms. The summed E-state index contributed by atoms with van der Waals surface area (Å²) in [5, 5.41) is 4.62. The van der Waals surface area contributed by atoms with E-state index in [0.717, 1.165) is 16.1 Å². The highest BCUT2D eigenvalue weighted by Gasteiger charge is 2.12. The molecule has 3 aromatic rings. The van der Waals surface area contributed by atoms with Crippen LogP contribution in [0.1, 0.15) is 10.4 Å². The van der Waals surface area contributed by atoms with Crippen molar-refractivity contribution in [2.75, 3.05) is 5.73 Å². The minimum absolute atomic E-state index is 0.376. The van der Waals surface area contributed by atoms with E-state index in [2.05, 4.69) is 5.10 Å². The van der Waals surface area contributed by atoms with Crippen molar-refractivity contribution in [3.63, 3.8) is 0 Å². The van der Waals surface area contributed by atoms with Crippen molar-refractivity contribution in [2.45, 2.75) is 0 Å². The molecule has 0 atom stereocenters. The Labute approximate surface area is 119 Å². The second-order valence-corrected chi connectivity index (χ2v) is 5.33. The maximum absolute atomic E-state index is 11.2. The number of thiophene rings is 1. The van der Waals surface area contributed by atoms with Crippen LogP contribution in [0, 0.1) is 0 Å². The molecule has 0 aliphatic carbocycles. The van der Waals surface area contributed by atoms with Crippen molar-refractivity contribution in [1.29, 1.82) is 0 Å². The Morgan fingerprint density at radius 1 is 1.25 bits per heavy atom. The van der Waals surface area contributed by atoms with E-state index < -0.39 is 5.91 Å². The smallest absolute Gasteiger partial charge is 0.251 e. The van der Waals surface area contributed by atoms with Gasteiger partial charge in [-0.3, -0.25) is 4.79 Å². The van der Waals surface area contributed by atoms with Gasteiger partial charge in [-0.05, 0) is 29.8 Å². The Balaban J connectivity index is 1.95. The largest absolute Gasteiger partial charge is 0.390 e. The second-order valence-electron chi connectivity index (χ2n) is 4.25. The maximum atomic E-state index is 11.2. The molecule has 2 aromatic heterocycles. The summed E-state index contributed by atoms with van der Waals surface area (Å²) >= 11 is 1.35. The quantitative estimate of drug-likeness (QED) is 0.773. The molecule has 0 aliphatic rings. The Morgan fingerprint density at radius 2 is 2.00 bits per heavy atom. The standard InChI is InChI=1S/C14H12N4OS/c15-13(19)11-8-12(20-14(11)16)9-2-4-10(5-3-9)18-7-1-6-17-18/h1-8H,16H2,(H2,15,19). The van der Waals surface area contributed by atoms with Gasteiger partial charge in [0.25, 0.3) is 5.91 Å². The Morgan fingerprint density at radius 3 is 2.55 bits per heavy atom. The van der Waals surface area contributed by atoms with E-state index in [-0.39, 0.29) is 0 Å². The predicted molar refractivity (Wildman–Crippen MR) is 79.8 cm³/mol. The Kier molecular flexibility index (Phi) is 3.00. The number of primary amides is 1. The molecular formula is C14H12N4OS. The summed E-state index contributed by atoms with van der Waals surface area (Å²) in [6.07, 6.45) is 3.61. The molecule has 0 unspecified atom stereocenters. The van der Waals surface area contributed by atoms with E-state index in [9.17, 15) is 4.79 Å². The first kappa shape index (κ1) is 12.4. The molecular weight excluding hydrogens is 272 g/mol. The molecule has 100 valence electrons. The van der Waals surface area contributed by atoms with Crippen LogP contribution in [0.3, 0.4) is 0 Å². The fourth-order valence-corrected chi connectivity index (χ4v) is 2.88. The molecule has 1 amide bonds. The number of carbonyl (C=O) groups excluding carboxylic acids is 1. The molecule has 0 spiro atoms. The SMILES string of the molecule is NC(=O)c1cc(-c2ccc(-n3cccn3)cc2)sc1N. The van der Waals surface area contributed by atoms with Crippen LogP contribution in [0.15, 0.2) is 48.8 Å². The number of hydrogen-bond donors (Lipinski definition) is 2. The topological polar surface area (TPSA) is 86.9 Å². The average molecular weight is 284 g/mol. The van der Waals surface area contributed by atoms with Gasteiger partial charge in [0, 0.05) is 17.3 Å². The predicted octanol–water partition coefficient (Wildman–Crippen LogP) is 2.28. The van der Waals surface area contributed by atoms with Gasteiger partial charge in [0.2, 0.25) is 0 Å². The highest BCUT2D eigenvalue weighted by Crippen LogP contribution is 2.33. The number of hydrogen-bond acceptors (Lipinski definition) is 4. The number of anilines is 1. The third-order valence-corrected chi connectivity index (χ3v) is 3.96. The highest BCUT2D eigenvalue weighted by atomic mass is 32.1. The Hall–Kier alpha value is -2.60. The minimum atomic E-state index is -0.502. The lowest BCUT2D eigenvalue weighted by atomic mass is 10.1. The van der Waals surface area contributed by atoms with E-state index in [1.807, 2.05) is 36.5 Å². The van der Waals surface area contributed by atoms with E-state index in [1.165, 1.54) is 11.3 Å². The third kappa shape index (κ3) is 2.17. The molecule has 4 N–H and O–H groups in total. The average Bonchev–Trinajstić information content (AvgIpc) is 3.08. The Bertz CT molecular complexity index is 744. The summed E-state index contributed by atoms with van der Waals surface area (Å²) in [5.41, 5.74) is 13.4. The van der Waals surface area contributed by atoms with Crippen LogP contribution in [0.25, 0.3) is 16.1 Å². The molecule has 6 heteroatoms. The van der Waals surface area contributed by atoms with Crippen molar-refractivity contribution in [3.05, 3.63) is 54.4 Å².